The fraction of sp³-hybridized carbons (Fsp3) is 0.480. The van der Waals surface area contributed by atoms with E-state index in [2.05, 4.69) is 19.9 Å². The van der Waals surface area contributed by atoms with Crippen molar-refractivity contribution in [2.45, 2.75) is 41.5 Å². The van der Waals surface area contributed by atoms with Crippen LogP contribution in [0.5, 0.6) is 11.5 Å². The molecular weight excluding hydrogens is 418 g/mol. The van der Waals surface area contributed by atoms with Crippen molar-refractivity contribution in [2.75, 3.05) is 39.6 Å². The molecule has 0 aliphatic carbocycles. The van der Waals surface area contributed by atoms with Crippen molar-refractivity contribution in [3.63, 3.8) is 0 Å². The van der Waals surface area contributed by atoms with Gasteiger partial charge in [0.25, 0.3) is 0 Å². The van der Waals surface area contributed by atoms with E-state index in [1.165, 1.54) is 11.1 Å². The summed E-state index contributed by atoms with van der Waals surface area (Å²) in [6, 6.07) is 7.76. The molecule has 2 aromatic rings. The number of ether oxygens (including phenoxy) is 4. The Kier molecular flexibility index (Phi) is 13.2. The van der Waals surface area contributed by atoms with Crippen LogP contribution in [-0.2, 0) is 9.47 Å². The molecule has 0 amide bonds. The first-order valence-electron chi connectivity index (χ1n) is 10.8. The van der Waals surface area contributed by atoms with E-state index in [-0.39, 0.29) is 33.0 Å². The van der Waals surface area contributed by atoms with E-state index in [1.54, 1.807) is 0 Å². The SMILES string of the molecule is CCOCCOc1ccc(PC(=O)c2c(C)cc(C)c(C)c2C)c(OCCOCC)c1.[LiH]. The van der Waals surface area contributed by atoms with Crippen molar-refractivity contribution in [2.24, 2.45) is 0 Å². The van der Waals surface area contributed by atoms with Crippen molar-refractivity contribution < 1.29 is 23.7 Å². The van der Waals surface area contributed by atoms with Crippen LogP contribution >= 0.6 is 8.58 Å². The molecule has 1 atom stereocenters. The molecule has 2 rings (SSSR count). The molecule has 7 heteroatoms. The molecule has 1 unspecified atom stereocenters. The molecule has 2 aromatic carbocycles. The van der Waals surface area contributed by atoms with Gasteiger partial charge < -0.3 is 18.9 Å². The van der Waals surface area contributed by atoms with Crippen molar-refractivity contribution >= 4 is 38.3 Å². The summed E-state index contributed by atoms with van der Waals surface area (Å²) in [5.41, 5.74) is 5.40. The normalized spacial score (nSPS) is 10.9. The molecule has 0 aromatic heterocycles. The monoisotopic (exact) mass is 454 g/mol. The van der Waals surface area contributed by atoms with E-state index in [0.717, 1.165) is 22.0 Å². The maximum absolute atomic E-state index is 13.3. The Morgan fingerprint density at radius 2 is 1.44 bits per heavy atom. The molecule has 0 aliphatic heterocycles. The Morgan fingerprint density at radius 1 is 0.812 bits per heavy atom. The standard InChI is InChI=1S/C25H35O5P.Li.H/c1-7-27-11-13-29-21-9-10-23(22(16-21)30-14-12-28-8-2)31-25(26)24-18(4)15-17(3)19(5)20(24)6;;/h9-10,15-16,31H,7-8,11-14H2,1-6H3;;. The first-order chi connectivity index (χ1) is 14.9. The van der Waals surface area contributed by atoms with Gasteiger partial charge in [-0.1, -0.05) is 6.07 Å². The molecule has 5 nitrogen and oxygen atoms in total. The fourth-order valence-electron chi connectivity index (χ4n) is 3.35. The van der Waals surface area contributed by atoms with Crippen molar-refractivity contribution in [3.05, 3.63) is 52.1 Å². The second-order valence-corrected chi connectivity index (χ2v) is 8.58. The van der Waals surface area contributed by atoms with Gasteiger partial charge in [-0.05, 0) is 84.5 Å². The van der Waals surface area contributed by atoms with Crippen molar-refractivity contribution in [1.82, 2.24) is 0 Å². The summed E-state index contributed by atoms with van der Waals surface area (Å²) in [5.74, 6) is 1.37. The molecule has 0 saturated carbocycles. The van der Waals surface area contributed by atoms with Crippen LogP contribution in [0.1, 0.15) is 46.5 Å². The van der Waals surface area contributed by atoms with Crippen molar-refractivity contribution in [1.29, 1.82) is 0 Å². The first kappa shape index (κ1) is 28.7. The number of carbonyl (C=O) groups excluding carboxylic acids is 1. The predicted molar refractivity (Wildman–Crippen MR) is 135 cm³/mol. The van der Waals surface area contributed by atoms with Crippen LogP contribution in [-0.4, -0.2) is 64.0 Å². The molecule has 0 heterocycles. The van der Waals surface area contributed by atoms with Crippen LogP contribution in [0.3, 0.4) is 0 Å². The van der Waals surface area contributed by atoms with Gasteiger partial charge in [0.1, 0.15) is 24.7 Å². The predicted octanol–water partition coefficient (Wildman–Crippen LogP) is 4.25. The van der Waals surface area contributed by atoms with E-state index in [9.17, 15) is 4.79 Å². The molecule has 0 fully saturated rings. The Hall–Kier alpha value is -1.34. The molecule has 0 aliphatic rings. The fourth-order valence-corrected chi connectivity index (χ4v) is 4.54. The summed E-state index contributed by atoms with van der Waals surface area (Å²) in [5, 5.41) is 0.871. The summed E-state index contributed by atoms with van der Waals surface area (Å²) in [4.78, 5) is 13.3. The Bertz CT molecular complexity index is 885. The second kappa shape index (κ2) is 14.7. The molecule has 0 bridgehead atoms. The first-order valence-corrected chi connectivity index (χ1v) is 11.8. The quantitative estimate of drug-likeness (QED) is 0.257. The Labute approximate surface area is 206 Å². The summed E-state index contributed by atoms with van der Waals surface area (Å²) in [6.45, 7) is 15.3. The average Bonchev–Trinajstić information content (AvgIpc) is 2.74. The van der Waals surface area contributed by atoms with Gasteiger partial charge in [0, 0.05) is 30.1 Å². The molecule has 0 spiro atoms. The number of aryl methyl sites for hydroxylation is 2. The van der Waals surface area contributed by atoms with Crippen LogP contribution in [0.25, 0.3) is 0 Å². The van der Waals surface area contributed by atoms with Crippen molar-refractivity contribution in [3.8, 4) is 11.5 Å². The van der Waals surface area contributed by atoms with Gasteiger partial charge >= 0.3 is 18.9 Å². The number of rotatable bonds is 13. The Balaban J connectivity index is 0.00000512. The van der Waals surface area contributed by atoms with Gasteiger partial charge in [-0.15, -0.1) is 0 Å². The average molecular weight is 454 g/mol. The zero-order valence-corrected chi connectivity index (χ0v) is 20.6. The van der Waals surface area contributed by atoms with E-state index >= 15 is 0 Å². The van der Waals surface area contributed by atoms with Crippen LogP contribution in [0.2, 0.25) is 0 Å². The van der Waals surface area contributed by atoms with E-state index in [1.807, 2.05) is 45.9 Å². The molecule has 0 saturated heterocycles. The van der Waals surface area contributed by atoms with Gasteiger partial charge in [0.15, 0.2) is 5.52 Å². The minimum absolute atomic E-state index is 0. The zero-order chi connectivity index (χ0) is 22.8. The zero-order valence-electron chi connectivity index (χ0n) is 19.6. The van der Waals surface area contributed by atoms with E-state index < -0.39 is 0 Å². The van der Waals surface area contributed by atoms with E-state index in [0.29, 0.717) is 51.1 Å². The van der Waals surface area contributed by atoms with Gasteiger partial charge in [0.2, 0.25) is 0 Å². The van der Waals surface area contributed by atoms with Crippen LogP contribution < -0.4 is 14.8 Å². The molecular formula is C25H36LiO5P. The Morgan fingerprint density at radius 3 is 2.06 bits per heavy atom. The van der Waals surface area contributed by atoms with Crippen LogP contribution in [0.4, 0.5) is 0 Å². The summed E-state index contributed by atoms with van der Waals surface area (Å²) < 4.78 is 22.4. The third kappa shape index (κ3) is 8.21. The number of hydrogen-bond donors (Lipinski definition) is 0. The van der Waals surface area contributed by atoms with Gasteiger partial charge in [-0.25, -0.2) is 0 Å². The van der Waals surface area contributed by atoms with Crippen LogP contribution in [0.15, 0.2) is 24.3 Å². The third-order valence-electron chi connectivity index (χ3n) is 5.17. The topological polar surface area (TPSA) is 54.0 Å². The number of benzene rings is 2. The summed E-state index contributed by atoms with van der Waals surface area (Å²) >= 11 is 0. The van der Waals surface area contributed by atoms with E-state index in [4.69, 9.17) is 18.9 Å². The maximum atomic E-state index is 13.3. The minimum atomic E-state index is -0.0336. The third-order valence-corrected chi connectivity index (χ3v) is 6.33. The molecule has 0 radical (unpaired) electrons. The molecule has 0 N–H and O–H groups in total. The molecule has 32 heavy (non-hydrogen) atoms. The van der Waals surface area contributed by atoms with Gasteiger partial charge in [0.05, 0.1) is 13.2 Å². The molecule has 172 valence electrons. The van der Waals surface area contributed by atoms with Crippen LogP contribution in [0, 0.1) is 27.7 Å². The summed E-state index contributed by atoms with van der Waals surface area (Å²) in [6.07, 6.45) is 0. The number of hydrogen-bond acceptors (Lipinski definition) is 5. The van der Waals surface area contributed by atoms with Gasteiger partial charge in [-0.2, -0.15) is 0 Å². The second-order valence-electron chi connectivity index (χ2n) is 7.34. The number of carbonyl (C=O) groups is 1. The van der Waals surface area contributed by atoms with Gasteiger partial charge in [-0.3, -0.25) is 4.79 Å². The summed E-state index contributed by atoms with van der Waals surface area (Å²) in [7, 11) is -0.0336.